The van der Waals surface area contributed by atoms with E-state index in [2.05, 4.69) is 50.2 Å². The van der Waals surface area contributed by atoms with E-state index in [1.807, 2.05) is 12.1 Å². The van der Waals surface area contributed by atoms with Gasteiger partial charge < -0.3 is 10.1 Å². The monoisotopic (exact) mass is 349 g/mol. The second-order valence-corrected chi connectivity index (χ2v) is 5.36. The maximum atomic E-state index is 5.21. The van der Waals surface area contributed by atoms with E-state index in [1.165, 1.54) is 5.56 Å². The molecule has 1 aromatic carbocycles. The summed E-state index contributed by atoms with van der Waals surface area (Å²) in [5.74, 6) is 0.896. The Labute approximate surface area is 114 Å². The van der Waals surface area contributed by atoms with Crippen molar-refractivity contribution in [3.8, 4) is 5.75 Å². The summed E-state index contributed by atoms with van der Waals surface area (Å²) in [7, 11) is 1.69. The number of ether oxygens (including phenoxy) is 1. The van der Waals surface area contributed by atoms with Gasteiger partial charge in [0.1, 0.15) is 5.75 Å². The molecule has 0 aromatic heterocycles. The van der Waals surface area contributed by atoms with Crippen molar-refractivity contribution >= 4 is 31.9 Å². The van der Waals surface area contributed by atoms with Crippen LogP contribution in [0, 0.1) is 0 Å². The van der Waals surface area contributed by atoms with E-state index in [1.54, 1.807) is 7.11 Å². The van der Waals surface area contributed by atoms with Crippen LogP contribution in [0.2, 0.25) is 0 Å². The highest BCUT2D eigenvalue weighted by atomic mass is 79.9. The summed E-state index contributed by atoms with van der Waals surface area (Å²) in [5, 5.41) is 4.50. The van der Waals surface area contributed by atoms with Crippen LogP contribution in [-0.4, -0.2) is 18.5 Å². The zero-order valence-electron chi connectivity index (χ0n) is 9.59. The number of methoxy groups -OCH3 is 1. The Morgan fingerprint density at radius 3 is 2.81 bits per heavy atom. The van der Waals surface area contributed by atoms with E-state index in [-0.39, 0.29) is 0 Å². The van der Waals surface area contributed by atoms with Crippen LogP contribution in [0.5, 0.6) is 5.75 Å². The molecule has 2 nitrogen and oxygen atoms in total. The molecule has 4 heteroatoms. The van der Waals surface area contributed by atoms with E-state index in [4.69, 9.17) is 4.74 Å². The highest BCUT2D eigenvalue weighted by Gasteiger charge is 2.04. The molecule has 0 radical (unpaired) electrons. The lowest BCUT2D eigenvalue weighted by molar-refractivity contribution is 0.413. The van der Waals surface area contributed by atoms with Crippen LogP contribution in [0.25, 0.3) is 0 Å². The van der Waals surface area contributed by atoms with Crippen LogP contribution in [0.3, 0.4) is 0 Å². The molecule has 90 valence electrons. The Hall–Kier alpha value is -0.0600. The van der Waals surface area contributed by atoms with Gasteiger partial charge in [-0.05, 0) is 37.1 Å². The molecular weight excluding hydrogens is 334 g/mol. The standard InChI is InChI=1S/C12H17Br2NO/c1-9(5-6-13)15-8-10-7-11(16-2)3-4-12(10)14/h3-4,7,9,15H,5-6,8H2,1-2H3. The third-order valence-electron chi connectivity index (χ3n) is 2.44. The summed E-state index contributed by atoms with van der Waals surface area (Å²) in [6.07, 6.45) is 1.13. The average molecular weight is 351 g/mol. The SMILES string of the molecule is COc1ccc(Br)c(CNC(C)CCBr)c1. The van der Waals surface area contributed by atoms with Gasteiger partial charge >= 0.3 is 0 Å². The summed E-state index contributed by atoms with van der Waals surface area (Å²) >= 11 is 6.99. The van der Waals surface area contributed by atoms with Gasteiger partial charge in [-0.15, -0.1) is 0 Å². The molecule has 0 spiro atoms. The fourth-order valence-electron chi connectivity index (χ4n) is 1.36. The van der Waals surface area contributed by atoms with Gasteiger partial charge in [0.05, 0.1) is 7.11 Å². The maximum absolute atomic E-state index is 5.21. The number of hydrogen-bond donors (Lipinski definition) is 1. The molecule has 0 aliphatic heterocycles. The van der Waals surface area contributed by atoms with Crippen LogP contribution in [0.1, 0.15) is 18.9 Å². The lowest BCUT2D eigenvalue weighted by Crippen LogP contribution is -2.25. The van der Waals surface area contributed by atoms with Crippen molar-refractivity contribution in [2.24, 2.45) is 0 Å². The molecule has 0 saturated heterocycles. The fourth-order valence-corrected chi connectivity index (χ4v) is 2.44. The van der Waals surface area contributed by atoms with Crippen molar-refractivity contribution in [3.63, 3.8) is 0 Å². The van der Waals surface area contributed by atoms with Gasteiger partial charge in [-0.1, -0.05) is 31.9 Å². The number of alkyl halides is 1. The van der Waals surface area contributed by atoms with Crippen molar-refractivity contribution < 1.29 is 4.74 Å². The number of benzene rings is 1. The molecule has 0 amide bonds. The normalized spacial score (nSPS) is 12.5. The second kappa shape index (κ2) is 7.30. The molecule has 1 rings (SSSR count). The van der Waals surface area contributed by atoms with Gasteiger partial charge in [-0.2, -0.15) is 0 Å². The van der Waals surface area contributed by atoms with Crippen LogP contribution >= 0.6 is 31.9 Å². The summed E-state index contributed by atoms with van der Waals surface area (Å²) in [6.45, 7) is 3.04. The first-order valence-electron chi connectivity index (χ1n) is 5.29. The quantitative estimate of drug-likeness (QED) is 0.789. The minimum atomic E-state index is 0.512. The molecule has 0 aliphatic rings. The van der Waals surface area contributed by atoms with Crippen molar-refractivity contribution in [1.82, 2.24) is 5.32 Å². The first-order valence-corrected chi connectivity index (χ1v) is 7.20. The van der Waals surface area contributed by atoms with Gasteiger partial charge in [0.25, 0.3) is 0 Å². The molecule has 0 saturated carbocycles. The first kappa shape index (κ1) is 14.0. The smallest absolute Gasteiger partial charge is 0.119 e. The van der Waals surface area contributed by atoms with Crippen LogP contribution in [0.4, 0.5) is 0 Å². The largest absolute Gasteiger partial charge is 0.497 e. The van der Waals surface area contributed by atoms with Crippen molar-refractivity contribution in [2.75, 3.05) is 12.4 Å². The summed E-state index contributed by atoms with van der Waals surface area (Å²) in [5.41, 5.74) is 1.22. The Kier molecular flexibility index (Phi) is 6.39. The highest BCUT2D eigenvalue weighted by molar-refractivity contribution is 9.10. The molecule has 0 aliphatic carbocycles. The Morgan fingerprint density at radius 1 is 1.44 bits per heavy atom. The van der Waals surface area contributed by atoms with E-state index in [0.717, 1.165) is 28.5 Å². The second-order valence-electron chi connectivity index (χ2n) is 3.72. The van der Waals surface area contributed by atoms with Crippen molar-refractivity contribution in [2.45, 2.75) is 25.9 Å². The zero-order valence-corrected chi connectivity index (χ0v) is 12.8. The molecule has 1 unspecified atom stereocenters. The van der Waals surface area contributed by atoms with E-state index in [0.29, 0.717) is 6.04 Å². The molecule has 0 heterocycles. The van der Waals surface area contributed by atoms with E-state index >= 15 is 0 Å². The minimum absolute atomic E-state index is 0.512. The van der Waals surface area contributed by atoms with Crippen LogP contribution in [0.15, 0.2) is 22.7 Å². The summed E-state index contributed by atoms with van der Waals surface area (Å²) < 4.78 is 6.33. The first-order chi connectivity index (χ1) is 7.67. The third-order valence-corrected chi connectivity index (χ3v) is 3.67. The van der Waals surface area contributed by atoms with E-state index < -0.39 is 0 Å². The van der Waals surface area contributed by atoms with Gasteiger partial charge in [0.2, 0.25) is 0 Å². The molecule has 1 atom stereocenters. The number of hydrogen-bond acceptors (Lipinski definition) is 2. The predicted molar refractivity (Wildman–Crippen MR) is 75.4 cm³/mol. The molecular formula is C12H17Br2NO. The van der Waals surface area contributed by atoms with Crippen LogP contribution in [-0.2, 0) is 6.54 Å². The number of halogens is 2. The predicted octanol–water partition coefficient (Wildman–Crippen LogP) is 3.72. The molecule has 0 fully saturated rings. The summed E-state index contributed by atoms with van der Waals surface area (Å²) in [4.78, 5) is 0. The third kappa shape index (κ3) is 4.44. The number of nitrogens with one attached hydrogen (secondary N) is 1. The van der Waals surface area contributed by atoms with E-state index in [9.17, 15) is 0 Å². The Morgan fingerprint density at radius 2 is 2.19 bits per heavy atom. The topological polar surface area (TPSA) is 21.3 Å². The zero-order chi connectivity index (χ0) is 12.0. The molecule has 1 aromatic rings. The van der Waals surface area contributed by atoms with Gasteiger partial charge in [-0.25, -0.2) is 0 Å². The van der Waals surface area contributed by atoms with Crippen LogP contribution < -0.4 is 10.1 Å². The van der Waals surface area contributed by atoms with Gasteiger partial charge in [0, 0.05) is 22.4 Å². The van der Waals surface area contributed by atoms with Crippen molar-refractivity contribution in [3.05, 3.63) is 28.2 Å². The van der Waals surface area contributed by atoms with Crippen molar-refractivity contribution in [1.29, 1.82) is 0 Å². The lowest BCUT2D eigenvalue weighted by Gasteiger charge is -2.13. The Balaban J connectivity index is 2.58. The maximum Gasteiger partial charge on any atom is 0.119 e. The summed E-state index contributed by atoms with van der Waals surface area (Å²) in [6, 6.07) is 6.54. The minimum Gasteiger partial charge on any atom is -0.497 e. The fraction of sp³-hybridized carbons (Fsp3) is 0.500. The number of rotatable bonds is 6. The Bertz CT molecular complexity index is 331. The average Bonchev–Trinajstić information content (AvgIpc) is 2.28. The van der Waals surface area contributed by atoms with Gasteiger partial charge in [0.15, 0.2) is 0 Å². The molecule has 0 bridgehead atoms. The van der Waals surface area contributed by atoms with Gasteiger partial charge in [-0.3, -0.25) is 0 Å². The highest BCUT2D eigenvalue weighted by Crippen LogP contribution is 2.22. The molecule has 16 heavy (non-hydrogen) atoms. The lowest BCUT2D eigenvalue weighted by atomic mass is 10.2. The molecule has 1 N–H and O–H groups in total.